The smallest absolute Gasteiger partial charge is 0.246 e. The van der Waals surface area contributed by atoms with E-state index in [1.165, 1.54) is 23.1 Å². The number of carbonyl (C=O) groups excluding carboxylic acids is 1. The Bertz CT molecular complexity index is 514. The van der Waals surface area contributed by atoms with Gasteiger partial charge in [0.2, 0.25) is 5.91 Å². The second-order valence-corrected chi connectivity index (χ2v) is 4.49. The molecule has 0 bridgehead atoms. The van der Waals surface area contributed by atoms with Crippen molar-refractivity contribution in [1.82, 2.24) is 4.90 Å². The molecule has 1 aromatic carbocycles. The quantitative estimate of drug-likeness (QED) is 0.781. The van der Waals surface area contributed by atoms with Gasteiger partial charge < -0.3 is 4.90 Å². The lowest BCUT2D eigenvalue weighted by Gasteiger charge is -2.21. The molecule has 1 amide bonds. The van der Waals surface area contributed by atoms with Crippen LogP contribution in [0, 0.1) is 17.1 Å². The fourth-order valence-corrected chi connectivity index (χ4v) is 1.57. The molecule has 1 atom stereocenters. The van der Waals surface area contributed by atoms with Gasteiger partial charge in [-0.1, -0.05) is 12.1 Å². The van der Waals surface area contributed by atoms with Crippen LogP contribution in [-0.4, -0.2) is 23.9 Å². The lowest BCUT2D eigenvalue weighted by atomic mass is 10.1. The Morgan fingerprint density at radius 3 is 2.58 bits per heavy atom. The summed E-state index contributed by atoms with van der Waals surface area (Å²) >= 11 is 0. The number of halogens is 1. The standard InChI is InChI=1S/C15H17FN2O/c1-11(13-4-6-14(16)7-5-13)10-15(19)18(3)12(2)8-9-17/h4-7,10,12H,8H2,1-3H3. The zero-order chi connectivity index (χ0) is 14.4. The number of hydrogen-bond acceptors (Lipinski definition) is 2. The van der Waals surface area contributed by atoms with Crippen molar-refractivity contribution in [2.45, 2.75) is 26.3 Å². The van der Waals surface area contributed by atoms with Gasteiger partial charge in [0.1, 0.15) is 5.82 Å². The molecule has 0 aliphatic rings. The third-order valence-corrected chi connectivity index (χ3v) is 3.04. The van der Waals surface area contributed by atoms with Crippen LogP contribution >= 0.6 is 0 Å². The van der Waals surface area contributed by atoms with Crippen LogP contribution in [0.1, 0.15) is 25.8 Å². The van der Waals surface area contributed by atoms with Gasteiger partial charge in [0.05, 0.1) is 12.5 Å². The molecule has 1 rings (SSSR count). The Balaban J connectivity index is 2.81. The number of hydrogen-bond donors (Lipinski definition) is 0. The Morgan fingerprint density at radius 2 is 2.05 bits per heavy atom. The summed E-state index contributed by atoms with van der Waals surface area (Å²) in [5.74, 6) is -0.466. The SMILES string of the molecule is CC(=CC(=O)N(C)C(C)CC#N)c1ccc(F)cc1. The number of amides is 1. The van der Waals surface area contributed by atoms with Gasteiger partial charge in [-0.3, -0.25) is 4.79 Å². The molecule has 0 aliphatic carbocycles. The molecule has 0 saturated carbocycles. The predicted octanol–water partition coefficient (Wildman–Crippen LogP) is 2.99. The number of rotatable bonds is 4. The van der Waals surface area contributed by atoms with Gasteiger partial charge in [0.15, 0.2) is 0 Å². The largest absolute Gasteiger partial charge is 0.338 e. The van der Waals surface area contributed by atoms with Crippen molar-refractivity contribution in [1.29, 1.82) is 5.26 Å². The molecule has 1 aromatic rings. The van der Waals surface area contributed by atoms with Crippen molar-refractivity contribution in [2.75, 3.05) is 7.05 Å². The second-order valence-electron chi connectivity index (χ2n) is 4.49. The van der Waals surface area contributed by atoms with Gasteiger partial charge in [0.25, 0.3) is 0 Å². The highest BCUT2D eigenvalue weighted by atomic mass is 19.1. The van der Waals surface area contributed by atoms with Crippen molar-refractivity contribution in [3.8, 4) is 6.07 Å². The highest BCUT2D eigenvalue weighted by Crippen LogP contribution is 2.15. The number of nitriles is 1. The summed E-state index contributed by atoms with van der Waals surface area (Å²) in [4.78, 5) is 13.5. The monoisotopic (exact) mass is 260 g/mol. The minimum absolute atomic E-state index is 0.130. The van der Waals surface area contributed by atoms with Crippen molar-refractivity contribution < 1.29 is 9.18 Å². The van der Waals surface area contributed by atoms with Crippen molar-refractivity contribution in [3.63, 3.8) is 0 Å². The third kappa shape index (κ3) is 4.22. The molecule has 1 unspecified atom stereocenters. The second kappa shape index (κ2) is 6.69. The first-order valence-electron chi connectivity index (χ1n) is 6.03. The normalized spacial score (nSPS) is 12.7. The first-order valence-corrected chi connectivity index (χ1v) is 6.03. The van der Waals surface area contributed by atoms with Gasteiger partial charge >= 0.3 is 0 Å². The van der Waals surface area contributed by atoms with Gasteiger partial charge in [0, 0.05) is 19.2 Å². The number of allylic oxidation sites excluding steroid dienone is 1. The molecule has 3 nitrogen and oxygen atoms in total. The molecular weight excluding hydrogens is 243 g/mol. The third-order valence-electron chi connectivity index (χ3n) is 3.04. The van der Waals surface area contributed by atoms with E-state index in [-0.39, 0.29) is 17.8 Å². The molecule has 0 aromatic heterocycles. The lowest BCUT2D eigenvalue weighted by molar-refractivity contribution is -0.126. The molecule has 19 heavy (non-hydrogen) atoms. The molecule has 4 heteroatoms. The fourth-order valence-electron chi connectivity index (χ4n) is 1.57. The maximum atomic E-state index is 12.8. The topological polar surface area (TPSA) is 44.1 Å². The molecule has 0 fully saturated rings. The van der Waals surface area contributed by atoms with Crippen LogP contribution in [0.15, 0.2) is 30.3 Å². The number of nitrogens with zero attached hydrogens (tertiary/aromatic N) is 2. The van der Waals surface area contributed by atoms with Crippen LogP contribution in [0.4, 0.5) is 4.39 Å². The van der Waals surface area contributed by atoms with E-state index in [0.717, 1.165) is 11.1 Å². The molecule has 0 N–H and O–H groups in total. The molecular formula is C15H17FN2O. The Kier molecular flexibility index (Phi) is 5.25. The summed E-state index contributed by atoms with van der Waals surface area (Å²) in [6, 6.07) is 7.89. The first-order chi connectivity index (χ1) is 8.95. The summed E-state index contributed by atoms with van der Waals surface area (Å²) < 4.78 is 12.8. The van der Waals surface area contributed by atoms with Crippen LogP contribution in [0.3, 0.4) is 0 Å². The average Bonchev–Trinajstić information content (AvgIpc) is 2.38. The lowest BCUT2D eigenvalue weighted by Crippen LogP contribution is -2.33. The Morgan fingerprint density at radius 1 is 1.47 bits per heavy atom. The number of benzene rings is 1. The van der Waals surface area contributed by atoms with Crippen molar-refractivity contribution >= 4 is 11.5 Å². The number of likely N-dealkylation sites (N-methyl/N-ethyl adjacent to an activating group) is 1. The van der Waals surface area contributed by atoms with Gasteiger partial charge in [-0.15, -0.1) is 0 Å². The highest BCUT2D eigenvalue weighted by Gasteiger charge is 2.13. The molecule has 0 heterocycles. The summed E-state index contributed by atoms with van der Waals surface area (Å²) in [6.07, 6.45) is 1.80. The molecule has 0 aliphatic heterocycles. The molecule has 0 saturated heterocycles. The Labute approximate surface area is 113 Å². The van der Waals surface area contributed by atoms with Gasteiger partial charge in [-0.05, 0) is 37.1 Å². The van der Waals surface area contributed by atoms with Crippen LogP contribution in [-0.2, 0) is 4.79 Å². The van der Waals surface area contributed by atoms with E-state index in [9.17, 15) is 9.18 Å². The average molecular weight is 260 g/mol. The molecule has 100 valence electrons. The van der Waals surface area contributed by atoms with Crippen molar-refractivity contribution in [2.24, 2.45) is 0 Å². The highest BCUT2D eigenvalue weighted by molar-refractivity contribution is 5.94. The maximum absolute atomic E-state index is 12.8. The van der Waals surface area contributed by atoms with E-state index in [2.05, 4.69) is 0 Å². The summed E-state index contributed by atoms with van der Waals surface area (Å²) in [6.45, 7) is 3.62. The van der Waals surface area contributed by atoms with E-state index in [1.54, 1.807) is 26.1 Å². The zero-order valence-electron chi connectivity index (χ0n) is 11.4. The minimum atomic E-state index is -0.303. The van der Waals surface area contributed by atoms with E-state index < -0.39 is 0 Å². The van der Waals surface area contributed by atoms with E-state index in [0.29, 0.717) is 6.42 Å². The summed E-state index contributed by atoms with van der Waals surface area (Å²) in [7, 11) is 1.67. The minimum Gasteiger partial charge on any atom is -0.338 e. The van der Waals surface area contributed by atoms with E-state index in [4.69, 9.17) is 5.26 Å². The maximum Gasteiger partial charge on any atom is 0.246 e. The fraction of sp³-hybridized carbons (Fsp3) is 0.333. The molecule has 0 spiro atoms. The van der Waals surface area contributed by atoms with Crippen LogP contribution < -0.4 is 0 Å². The predicted molar refractivity (Wildman–Crippen MR) is 72.5 cm³/mol. The first kappa shape index (κ1) is 14.9. The Hall–Kier alpha value is -2.15. The van der Waals surface area contributed by atoms with Crippen LogP contribution in [0.2, 0.25) is 0 Å². The number of carbonyl (C=O) groups is 1. The van der Waals surface area contributed by atoms with Crippen LogP contribution in [0.5, 0.6) is 0 Å². The van der Waals surface area contributed by atoms with E-state index >= 15 is 0 Å². The summed E-state index contributed by atoms with van der Waals surface area (Å²) in [5.41, 5.74) is 1.57. The van der Waals surface area contributed by atoms with E-state index in [1.807, 2.05) is 13.0 Å². The summed E-state index contributed by atoms with van der Waals surface area (Å²) in [5, 5.41) is 8.61. The molecule has 0 radical (unpaired) electrons. The van der Waals surface area contributed by atoms with Gasteiger partial charge in [-0.2, -0.15) is 5.26 Å². The zero-order valence-corrected chi connectivity index (χ0v) is 11.4. The van der Waals surface area contributed by atoms with Crippen LogP contribution in [0.25, 0.3) is 5.57 Å². The van der Waals surface area contributed by atoms with Crippen molar-refractivity contribution in [3.05, 3.63) is 41.7 Å². The van der Waals surface area contributed by atoms with Gasteiger partial charge in [-0.25, -0.2) is 4.39 Å².